The minimum atomic E-state index is -0.509. The summed E-state index contributed by atoms with van der Waals surface area (Å²) >= 11 is 0. The molecular formula is C10H12N6O2. The van der Waals surface area contributed by atoms with E-state index in [0.29, 0.717) is 18.3 Å². The largest absolute Gasteiger partial charge is 0.354 e. The van der Waals surface area contributed by atoms with Gasteiger partial charge >= 0.3 is 5.69 Å². The standard InChI is InChI=1S/C10H12N6O2/c1-3-11-10-13-6-8(16(17)18)9(14-10)15-5-4-12-7(15)2/h4-6H,3H2,1-2H3,(H,11,13,14). The van der Waals surface area contributed by atoms with Crippen molar-refractivity contribution in [3.63, 3.8) is 0 Å². The third kappa shape index (κ3) is 2.12. The lowest BCUT2D eigenvalue weighted by molar-refractivity contribution is -0.385. The van der Waals surface area contributed by atoms with Gasteiger partial charge in [0, 0.05) is 18.9 Å². The summed E-state index contributed by atoms with van der Waals surface area (Å²) in [5, 5.41) is 13.9. The van der Waals surface area contributed by atoms with Crippen LogP contribution in [-0.2, 0) is 0 Å². The Hall–Kier alpha value is -2.51. The summed E-state index contributed by atoms with van der Waals surface area (Å²) in [5.41, 5.74) is -0.155. The molecule has 2 aromatic heterocycles. The molecule has 0 saturated heterocycles. The number of aryl methyl sites for hydroxylation is 1. The van der Waals surface area contributed by atoms with Gasteiger partial charge in [-0.15, -0.1) is 0 Å². The van der Waals surface area contributed by atoms with Crippen LogP contribution < -0.4 is 5.32 Å². The normalized spacial score (nSPS) is 10.3. The van der Waals surface area contributed by atoms with Crippen molar-refractivity contribution >= 4 is 11.6 Å². The Kier molecular flexibility index (Phi) is 3.18. The summed E-state index contributed by atoms with van der Waals surface area (Å²) in [7, 11) is 0. The van der Waals surface area contributed by atoms with E-state index < -0.39 is 4.92 Å². The van der Waals surface area contributed by atoms with Crippen molar-refractivity contribution in [2.24, 2.45) is 0 Å². The Morgan fingerprint density at radius 3 is 2.83 bits per heavy atom. The number of nitrogens with one attached hydrogen (secondary N) is 1. The van der Waals surface area contributed by atoms with Gasteiger partial charge in [0.2, 0.25) is 11.8 Å². The van der Waals surface area contributed by atoms with Crippen molar-refractivity contribution in [3.05, 3.63) is 34.5 Å². The van der Waals surface area contributed by atoms with E-state index in [1.807, 2.05) is 6.92 Å². The Morgan fingerprint density at radius 2 is 2.28 bits per heavy atom. The zero-order valence-corrected chi connectivity index (χ0v) is 9.99. The minimum absolute atomic E-state index is 0.155. The van der Waals surface area contributed by atoms with E-state index in [1.54, 1.807) is 23.9 Å². The predicted octanol–water partition coefficient (Wildman–Crippen LogP) is 1.31. The molecule has 8 nitrogen and oxygen atoms in total. The lowest BCUT2D eigenvalue weighted by Crippen LogP contribution is -2.09. The molecule has 1 N–H and O–H groups in total. The Morgan fingerprint density at radius 1 is 1.50 bits per heavy atom. The van der Waals surface area contributed by atoms with E-state index in [9.17, 15) is 10.1 Å². The van der Waals surface area contributed by atoms with Crippen LogP contribution in [0.2, 0.25) is 0 Å². The summed E-state index contributed by atoms with van der Waals surface area (Å²) in [6.45, 7) is 4.28. The average Bonchev–Trinajstić information content (AvgIpc) is 2.75. The average molecular weight is 248 g/mol. The summed E-state index contributed by atoms with van der Waals surface area (Å²) in [6.07, 6.45) is 4.38. The van der Waals surface area contributed by atoms with E-state index in [2.05, 4.69) is 20.3 Å². The van der Waals surface area contributed by atoms with Crippen LogP contribution in [0, 0.1) is 17.0 Å². The van der Waals surface area contributed by atoms with Crippen molar-refractivity contribution in [2.75, 3.05) is 11.9 Å². The number of nitro groups is 1. The number of hydrogen-bond donors (Lipinski definition) is 1. The molecule has 0 atom stereocenters. The summed E-state index contributed by atoms with van der Waals surface area (Å²) in [5.74, 6) is 1.19. The van der Waals surface area contributed by atoms with Gasteiger partial charge in [-0.2, -0.15) is 4.98 Å². The fraction of sp³-hybridized carbons (Fsp3) is 0.300. The third-order valence-corrected chi connectivity index (χ3v) is 2.34. The zero-order valence-electron chi connectivity index (χ0n) is 9.99. The molecule has 0 aliphatic rings. The van der Waals surface area contributed by atoms with Gasteiger partial charge in [-0.25, -0.2) is 9.97 Å². The SMILES string of the molecule is CCNc1ncc([N+](=O)[O-])c(-n2ccnc2C)n1. The smallest absolute Gasteiger partial charge is 0.330 e. The van der Waals surface area contributed by atoms with E-state index in [0.717, 1.165) is 0 Å². The molecule has 2 aromatic rings. The highest BCUT2D eigenvalue weighted by atomic mass is 16.6. The molecule has 0 aliphatic carbocycles. The number of anilines is 1. The number of hydrogen-bond acceptors (Lipinski definition) is 6. The molecule has 0 unspecified atom stereocenters. The maximum absolute atomic E-state index is 11.0. The second kappa shape index (κ2) is 4.78. The van der Waals surface area contributed by atoms with Gasteiger partial charge in [0.05, 0.1) is 4.92 Å². The minimum Gasteiger partial charge on any atom is -0.354 e. The van der Waals surface area contributed by atoms with Crippen molar-refractivity contribution in [1.29, 1.82) is 0 Å². The highest BCUT2D eigenvalue weighted by molar-refractivity contribution is 5.49. The Balaban J connectivity index is 2.58. The molecule has 94 valence electrons. The van der Waals surface area contributed by atoms with Crippen LogP contribution in [0.15, 0.2) is 18.6 Å². The van der Waals surface area contributed by atoms with Crippen LogP contribution in [0.3, 0.4) is 0 Å². The fourth-order valence-corrected chi connectivity index (χ4v) is 1.52. The topological polar surface area (TPSA) is 98.8 Å². The molecule has 18 heavy (non-hydrogen) atoms. The van der Waals surface area contributed by atoms with Crippen LogP contribution >= 0.6 is 0 Å². The van der Waals surface area contributed by atoms with Gasteiger partial charge in [0.15, 0.2) is 0 Å². The lowest BCUT2D eigenvalue weighted by Gasteiger charge is -2.07. The van der Waals surface area contributed by atoms with E-state index in [-0.39, 0.29) is 11.5 Å². The Bertz CT molecular complexity index is 579. The first-order valence-electron chi connectivity index (χ1n) is 5.39. The van der Waals surface area contributed by atoms with Gasteiger partial charge in [0.25, 0.3) is 0 Å². The molecule has 0 spiro atoms. The first-order chi connectivity index (χ1) is 8.63. The fourth-order valence-electron chi connectivity index (χ4n) is 1.52. The first-order valence-corrected chi connectivity index (χ1v) is 5.39. The molecule has 0 radical (unpaired) electrons. The van der Waals surface area contributed by atoms with Gasteiger partial charge < -0.3 is 5.32 Å². The number of aromatic nitrogens is 4. The van der Waals surface area contributed by atoms with Crippen molar-refractivity contribution in [1.82, 2.24) is 19.5 Å². The molecular weight excluding hydrogens is 236 g/mol. The zero-order chi connectivity index (χ0) is 13.1. The van der Waals surface area contributed by atoms with Gasteiger partial charge in [0.1, 0.15) is 12.0 Å². The van der Waals surface area contributed by atoms with Crippen LogP contribution in [0.1, 0.15) is 12.7 Å². The highest BCUT2D eigenvalue weighted by Gasteiger charge is 2.19. The van der Waals surface area contributed by atoms with Crippen molar-refractivity contribution in [3.8, 4) is 5.82 Å². The Labute approximate surface area is 103 Å². The quantitative estimate of drug-likeness (QED) is 0.647. The number of imidazole rings is 1. The van der Waals surface area contributed by atoms with E-state index in [4.69, 9.17) is 0 Å². The summed E-state index contributed by atoms with van der Waals surface area (Å²) < 4.78 is 1.56. The molecule has 0 aliphatic heterocycles. The second-order valence-corrected chi connectivity index (χ2v) is 3.53. The summed E-state index contributed by atoms with van der Waals surface area (Å²) in [4.78, 5) is 22.5. The molecule has 8 heteroatoms. The van der Waals surface area contributed by atoms with Crippen molar-refractivity contribution < 1.29 is 4.92 Å². The number of nitrogens with zero attached hydrogens (tertiary/aromatic N) is 5. The first kappa shape index (κ1) is 12.0. The lowest BCUT2D eigenvalue weighted by atomic mass is 10.4. The third-order valence-electron chi connectivity index (χ3n) is 2.34. The molecule has 0 saturated carbocycles. The van der Waals surface area contributed by atoms with E-state index in [1.165, 1.54) is 6.20 Å². The van der Waals surface area contributed by atoms with Crippen LogP contribution in [-0.4, -0.2) is 31.0 Å². The summed E-state index contributed by atoms with van der Waals surface area (Å²) in [6, 6.07) is 0. The molecule has 0 aromatic carbocycles. The van der Waals surface area contributed by atoms with Gasteiger partial charge in [-0.3, -0.25) is 14.7 Å². The maximum Gasteiger partial charge on any atom is 0.330 e. The van der Waals surface area contributed by atoms with Gasteiger partial charge in [-0.1, -0.05) is 0 Å². The maximum atomic E-state index is 11.0. The monoisotopic (exact) mass is 248 g/mol. The van der Waals surface area contributed by atoms with Crippen LogP contribution in [0.5, 0.6) is 0 Å². The molecule has 0 bridgehead atoms. The van der Waals surface area contributed by atoms with E-state index >= 15 is 0 Å². The second-order valence-electron chi connectivity index (χ2n) is 3.53. The van der Waals surface area contributed by atoms with Crippen LogP contribution in [0.4, 0.5) is 11.6 Å². The molecule has 2 heterocycles. The molecule has 2 rings (SSSR count). The predicted molar refractivity (Wildman–Crippen MR) is 64.7 cm³/mol. The van der Waals surface area contributed by atoms with Gasteiger partial charge in [-0.05, 0) is 13.8 Å². The molecule has 0 amide bonds. The number of rotatable bonds is 4. The highest BCUT2D eigenvalue weighted by Crippen LogP contribution is 2.21. The molecule has 0 fully saturated rings. The van der Waals surface area contributed by atoms with Crippen LogP contribution in [0.25, 0.3) is 5.82 Å². The van der Waals surface area contributed by atoms with Crippen molar-refractivity contribution in [2.45, 2.75) is 13.8 Å².